The van der Waals surface area contributed by atoms with Gasteiger partial charge in [0.1, 0.15) is 16.9 Å². The van der Waals surface area contributed by atoms with Crippen LogP contribution in [0.25, 0.3) is 0 Å². The second-order valence-electron chi connectivity index (χ2n) is 10.5. The van der Waals surface area contributed by atoms with Gasteiger partial charge in [-0.2, -0.15) is 0 Å². The molecule has 1 aliphatic rings. The number of carbonyl (C=O) groups excluding carboxylic acids is 2. The van der Waals surface area contributed by atoms with Gasteiger partial charge in [0.05, 0.1) is 20.8 Å². The van der Waals surface area contributed by atoms with Crippen LogP contribution in [0.5, 0.6) is 11.5 Å². The number of anilines is 1. The lowest BCUT2D eigenvalue weighted by molar-refractivity contribution is -0.121. The van der Waals surface area contributed by atoms with Crippen molar-refractivity contribution >= 4 is 53.1 Å². The fourth-order valence-electron chi connectivity index (χ4n) is 5.63. The van der Waals surface area contributed by atoms with E-state index in [2.05, 4.69) is 4.98 Å². The van der Waals surface area contributed by atoms with Gasteiger partial charge in [0.2, 0.25) is 5.91 Å². The van der Waals surface area contributed by atoms with Crippen LogP contribution in [0.3, 0.4) is 0 Å². The van der Waals surface area contributed by atoms with E-state index in [9.17, 15) is 9.59 Å². The molecule has 0 spiro atoms. The number of hydrogen-bond acceptors (Lipinski definition) is 5. The number of pyridine rings is 1. The topological polar surface area (TPSA) is 72.0 Å². The van der Waals surface area contributed by atoms with Crippen LogP contribution >= 0.6 is 35.6 Å². The summed E-state index contributed by atoms with van der Waals surface area (Å²) in [4.78, 5) is 36.0. The van der Waals surface area contributed by atoms with Gasteiger partial charge < -0.3 is 19.3 Å². The van der Waals surface area contributed by atoms with Crippen molar-refractivity contribution in [3.63, 3.8) is 0 Å². The average molecular weight is 655 g/mol. The third-order valence-electron chi connectivity index (χ3n) is 8.07. The highest BCUT2D eigenvalue weighted by Gasteiger charge is 2.50. The summed E-state index contributed by atoms with van der Waals surface area (Å²) in [6.07, 6.45) is 2.38. The third-order valence-corrected chi connectivity index (χ3v) is 8.63. The molecule has 44 heavy (non-hydrogen) atoms. The van der Waals surface area contributed by atoms with Gasteiger partial charge in [-0.25, -0.2) is 0 Å². The fourth-order valence-corrected chi connectivity index (χ4v) is 6.11. The highest BCUT2D eigenvalue weighted by atomic mass is 35.5. The smallest absolute Gasteiger partial charge is 0.253 e. The molecule has 1 aliphatic heterocycles. The zero-order valence-corrected chi connectivity index (χ0v) is 27.3. The maximum Gasteiger partial charge on any atom is 0.253 e. The lowest BCUT2D eigenvalue weighted by Gasteiger charge is -2.28. The summed E-state index contributed by atoms with van der Waals surface area (Å²) in [6, 6.07) is 21.8. The monoisotopic (exact) mass is 653 g/mol. The molecule has 0 aliphatic carbocycles. The number of hydrogen-bond donors (Lipinski definition) is 0. The van der Waals surface area contributed by atoms with E-state index in [0.29, 0.717) is 63.4 Å². The maximum absolute atomic E-state index is 14.5. The molecule has 0 fully saturated rings. The number of likely N-dealkylation sites (N-methyl/N-ethyl adjacent to an activating group) is 1. The average Bonchev–Trinajstić information content (AvgIpc) is 3.23. The first kappa shape index (κ1) is 33.1. The molecule has 0 radical (unpaired) electrons. The van der Waals surface area contributed by atoms with Gasteiger partial charge in [0.15, 0.2) is 0 Å². The largest absolute Gasteiger partial charge is 0.497 e. The summed E-state index contributed by atoms with van der Waals surface area (Å²) in [5.41, 5.74) is 2.95. The van der Waals surface area contributed by atoms with Crippen LogP contribution in [0.2, 0.25) is 10.0 Å². The third kappa shape index (κ3) is 6.23. The molecule has 0 N–H and O–H groups in total. The second-order valence-corrected chi connectivity index (χ2v) is 11.3. The molecule has 4 aromatic rings. The van der Waals surface area contributed by atoms with Crippen molar-refractivity contribution in [2.24, 2.45) is 0 Å². The Morgan fingerprint density at radius 1 is 0.977 bits per heavy atom. The number of nitrogens with zero attached hydrogens (tertiary/aromatic N) is 3. The summed E-state index contributed by atoms with van der Waals surface area (Å²) in [5.74, 6) is 0.931. The number of methoxy groups -OCH3 is 2. The van der Waals surface area contributed by atoms with Crippen molar-refractivity contribution in [2.45, 2.75) is 32.2 Å². The first-order valence-electron chi connectivity index (χ1n) is 14.0. The molecule has 0 saturated heterocycles. The van der Waals surface area contributed by atoms with E-state index in [1.54, 1.807) is 66.6 Å². The van der Waals surface area contributed by atoms with Gasteiger partial charge in [-0.3, -0.25) is 14.6 Å². The van der Waals surface area contributed by atoms with E-state index in [0.717, 1.165) is 11.3 Å². The standard InChI is InChI=1S/C34H33Cl2N3O4.ClH/c1-5-38(17-15-25-8-6-7-16-37-25)32(40)22-10-13-29(36)27(18-22)34(2)28-19-24(35)11-14-30(28)39(33(34)41)21-23-9-12-26(42-3)20-31(23)43-4;/h6-14,16,18-20H,5,15,17,21H2,1-4H3;1H. The molecule has 5 rings (SSSR count). The van der Waals surface area contributed by atoms with E-state index >= 15 is 0 Å². The van der Waals surface area contributed by atoms with Crippen LogP contribution in [0, 0.1) is 0 Å². The molecule has 1 aromatic heterocycles. The van der Waals surface area contributed by atoms with Crippen molar-refractivity contribution < 1.29 is 19.1 Å². The summed E-state index contributed by atoms with van der Waals surface area (Å²) in [7, 11) is 3.17. The summed E-state index contributed by atoms with van der Waals surface area (Å²) in [6.45, 7) is 5.07. The minimum Gasteiger partial charge on any atom is -0.497 e. The fraction of sp³-hybridized carbons (Fsp3) is 0.265. The lowest BCUT2D eigenvalue weighted by Crippen LogP contribution is -2.39. The minimum atomic E-state index is -1.20. The lowest BCUT2D eigenvalue weighted by atomic mass is 9.76. The van der Waals surface area contributed by atoms with E-state index in [1.807, 2.05) is 50.2 Å². The Hall–Kier alpha value is -3.78. The van der Waals surface area contributed by atoms with Crippen LogP contribution < -0.4 is 14.4 Å². The molecular weight excluding hydrogens is 621 g/mol. The molecule has 10 heteroatoms. The predicted molar refractivity (Wildman–Crippen MR) is 177 cm³/mol. The number of aromatic nitrogens is 1. The number of halogens is 3. The Labute approximate surface area is 274 Å². The predicted octanol–water partition coefficient (Wildman–Crippen LogP) is 7.39. The van der Waals surface area contributed by atoms with E-state index in [1.165, 1.54) is 0 Å². The van der Waals surface area contributed by atoms with E-state index in [4.69, 9.17) is 32.7 Å². The maximum atomic E-state index is 14.5. The molecule has 3 aromatic carbocycles. The SMILES string of the molecule is CCN(CCc1ccccn1)C(=O)c1ccc(Cl)c(C2(C)C(=O)N(Cc3ccc(OC)cc3OC)c3ccc(Cl)cc32)c1.Cl. The van der Waals surface area contributed by atoms with Crippen molar-refractivity contribution in [3.05, 3.63) is 117 Å². The van der Waals surface area contributed by atoms with Crippen LogP contribution in [0.4, 0.5) is 5.69 Å². The first-order chi connectivity index (χ1) is 20.7. The van der Waals surface area contributed by atoms with Crippen LogP contribution in [-0.4, -0.2) is 49.0 Å². The van der Waals surface area contributed by atoms with Crippen molar-refractivity contribution in [1.82, 2.24) is 9.88 Å². The van der Waals surface area contributed by atoms with Gasteiger partial charge in [-0.05, 0) is 85.6 Å². The molecule has 2 amide bonds. The Morgan fingerprint density at radius 2 is 1.77 bits per heavy atom. The van der Waals surface area contributed by atoms with Crippen molar-refractivity contribution in [3.8, 4) is 11.5 Å². The zero-order valence-electron chi connectivity index (χ0n) is 25.0. The molecule has 230 valence electrons. The van der Waals surface area contributed by atoms with Gasteiger partial charge in [0.25, 0.3) is 5.91 Å². The summed E-state index contributed by atoms with van der Waals surface area (Å²) < 4.78 is 11.0. The molecule has 2 heterocycles. The van der Waals surface area contributed by atoms with Crippen molar-refractivity contribution in [1.29, 1.82) is 0 Å². The Kier molecular flexibility index (Phi) is 10.5. The number of amides is 2. The molecule has 1 unspecified atom stereocenters. The number of fused-ring (bicyclic) bond motifs is 1. The Morgan fingerprint density at radius 3 is 2.45 bits per heavy atom. The summed E-state index contributed by atoms with van der Waals surface area (Å²) in [5, 5.41) is 0.885. The minimum absolute atomic E-state index is 0. The zero-order chi connectivity index (χ0) is 30.7. The Balaban J connectivity index is 0.00000442. The normalized spacial score (nSPS) is 15.4. The van der Waals surface area contributed by atoms with Gasteiger partial charge in [0, 0.05) is 64.3 Å². The van der Waals surface area contributed by atoms with Crippen LogP contribution in [-0.2, 0) is 23.2 Å². The van der Waals surface area contributed by atoms with Gasteiger partial charge >= 0.3 is 0 Å². The number of benzene rings is 3. The van der Waals surface area contributed by atoms with Crippen LogP contribution in [0.15, 0.2) is 79.0 Å². The van der Waals surface area contributed by atoms with Gasteiger partial charge in [-0.15, -0.1) is 12.4 Å². The summed E-state index contributed by atoms with van der Waals surface area (Å²) >= 11 is 13.3. The highest BCUT2D eigenvalue weighted by molar-refractivity contribution is 6.33. The molecular formula is C34H34Cl3N3O4. The van der Waals surface area contributed by atoms with E-state index in [-0.39, 0.29) is 30.8 Å². The quantitative estimate of drug-likeness (QED) is 0.178. The molecule has 1 atom stereocenters. The number of carbonyl (C=O) groups is 2. The first-order valence-corrected chi connectivity index (χ1v) is 14.8. The van der Waals surface area contributed by atoms with Crippen LogP contribution in [0.1, 0.15) is 46.6 Å². The van der Waals surface area contributed by atoms with Gasteiger partial charge in [-0.1, -0.05) is 29.3 Å². The molecule has 7 nitrogen and oxygen atoms in total. The second kappa shape index (κ2) is 13.9. The molecule has 0 saturated carbocycles. The van der Waals surface area contributed by atoms with Crippen molar-refractivity contribution in [2.75, 3.05) is 32.2 Å². The van der Waals surface area contributed by atoms with E-state index < -0.39 is 5.41 Å². The number of rotatable bonds is 10. The Bertz CT molecular complexity index is 1670. The molecule has 0 bridgehead atoms. The number of ether oxygens (including phenoxy) is 2. The highest BCUT2D eigenvalue weighted by Crippen LogP contribution is 2.49.